The molecule has 0 unspecified atom stereocenters. The van der Waals surface area contributed by atoms with Crippen molar-refractivity contribution in [2.45, 2.75) is 12.7 Å². The molecular weight excluding hydrogens is 291 g/mol. The van der Waals surface area contributed by atoms with E-state index in [1.165, 1.54) is 18.2 Å². The number of nitrogens with one attached hydrogen (secondary N) is 1. The molecular formula is C14H11ClF3NO. The molecule has 0 aliphatic heterocycles. The van der Waals surface area contributed by atoms with E-state index in [1.807, 2.05) is 0 Å². The third-order valence-corrected chi connectivity index (χ3v) is 3.13. The lowest BCUT2D eigenvalue weighted by atomic mass is 10.1. The zero-order chi connectivity index (χ0) is 14.8. The van der Waals surface area contributed by atoms with Gasteiger partial charge >= 0.3 is 6.18 Å². The Labute approximate surface area is 118 Å². The highest BCUT2D eigenvalue weighted by Crippen LogP contribution is 2.30. The molecule has 0 aromatic heterocycles. The van der Waals surface area contributed by atoms with Gasteiger partial charge in [-0.25, -0.2) is 0 Å². The number of phenols is 1. The SMILES string of the molecule is Oc1cccc(Cl)c1CNc1ccc(C(F)(F)F)cc1. The quantitative estimate of drug-likeness (QED) is 0.863. The third-order valence-electron chi connectivity index (χ3n) is 2.78. The van der Waals surface area contributed by atoms with Gasteiger partial charge in [0.2, 0.25) is 0 Å². The molecule has 20 heavy (non-hydrogen) atoms. The Kier molecular flexibility index (Phi) is 4.09. The zero-order valence-corrected chi connectivity index (χ0v) is 11.0. The van der Waals surface area contributed by atoms with Gasteiger partial charge in [0.05, 0.1) is 5.56 Å². The topological polar surface area (TPSA) is 32.3 Å². The van der Waals surface area contributed by atoms with Crippen LogP contribution in [0.25, 0.3) is 0 Å². The number of halogens is 4. The molecule has 6 heteroatoms. The number of alkyl halides is 3. The number of phenolic OH excluding ortho intramolecular Hbond substituents is 1. The second kappa shape index (κ2) is 5.63. The molecule has 2 N–H and O–H groups in total. The minimum Gasteiger partial charge on any atom is -0.508 e. The monoisotopic (exact) mass is 301 g/mol. The van der Waals surface area contributed by atoms with E-state index in [9.17, 15) is 18.3 Å². The Hall–Kier alpha value is -1.88. The van der Waals surface area contributed by atoms with Gasteiger partial charge in [0.1, 0.15) is 5.75 Å². The summed E-state index contributed by atoms with van der Waals surface area (Å²) in [5, 5.41) is 12.9. The lowest BCUT2D eigenvalue weighted by Gasteiger charge is -2.11. The number of hydrogen-bond donors (Lipinski definition) is 2. The standard InChI is InChI=1S/C14H11ClF3NO/c15-12-2-1-3-13(20)11(12)8-19-10-6-4-9(5-7-10)14(16,17)18/h1-7,19-20H,8H2. The maximum absolute atomic E-state index is 12.4. The molecule has 2 aromatic rings. The van der Waals surface area contributed by atoms with Crippen molar-refractivity contribution >= 4 is 17.3 Å². The normalized spacial score (nSPS) is 11.4. The van der Waals surface area contributed by atoms with Gasteiger partial charge in [-0.15, -0.1) is 0 Å². The summed E-state index contributed by atoms with van der Waals surface area (Å²) in [6.07, 6.45) is -4.35. The summed E-state index contributed by atoms with van der Waals surface area (Å²) in [5.74, 6) is 0.0388. The number of rotatable bonds is 3. The van der Waals surface area contributed by atoms with E-state index in [-0.39, 0.29) is 12.3 Å². The zero-order valence-electron chi connectivity index (χ0n) is 10.2. The summed E-state index contributed by atoms with van der Waals surface area (Å²) >= 11 is 5.93. The summed E-state index contributed by atoms with van der Waals surface area (Å²) in [6.45, 7) is 0.219. The van der Waals surface area contributed by atoms with E-state index in [2.05, 4.69) is 5.32 Å². The first-order valence-corrected chi connectivity index (χ1v) is 6.13. The summed E-state index contributed by atoms with van der Waals surface area (Å²) in [6, 6.07) is 9.39. The van der Waals surface area contributed by atoms with Gasteiger partial charge in [0.25, 0.3) is 0 Å². The molecule has 0 bridgehead atoms. The van der Waals surface area contributed by atoms with Gasteiger partial charge in [0, 0.05) is 22.8 Å². The summed E-state index contributed by atoms with van der Waals surface area (Å²) in [7, 11) is 0. The fraction of sp³-hybridized carbons (Fsp3) is 0.143. The average molecular weight is 302 g/mol. The van der Waals surface area contributed by atoms with Crippen molar-refractivity contribution in [3.05, 3.63) is 58.6 Å². The van der Waals surface area contributed by atoms with Crippen LogP contribution in [0.4, 0.5) is 18.9 Å². The molecule has 2 rings (SSSR count). The van der Waals surface area contributed by atoms with E-state index in [0.29, 0.717) is 16.3 Å². The fourth-order valence-corrected chi connectivity index (χ4v) is 1.93. The van der Waals surface area contributed by atoms with E-state index in [1.54, 1.807) is 12.1 Å². The van der Waals surface area contributed by atoms with Crippen LogP contribution in [0.5, 0.6) is 5.75 Å². The number of benzene rings is 2. The van der Waals surface area contributed by atoms with Crippen molar-refractivity contribution in [1.82, 2.24) is 0 Å². The first-order valence-electron chi connectivity index (χ1n) is 5.75. The van der Waals surface area contributed by atoms with Gasteiger partial charge in [-0.05, 0) is 36.4 Å². The van der Waals surface area contributed by atoms with E-state index in [0.717, 1.165) is 12.1 Å². The number of anilines is 1. The van der Waals surface area contributed by atoms with Crippen LogP contribution < -0.4 is 5.32 Å². The summed E-state index contributed by atoms with van der Waals surface area (Å²) in [4.78, 5) is 0. The molecule has 106 valence electrons. The van der Waals surface area contributed by atoms with Gasteiger partial charge < -0.3 is 10.4 Å². The molecule has 0 saturated carbocycles. The number of hydrogen-bond acceptors (Lipinski definition) is 2. The van der Waals surface area contributed by atoms with E-state index >= 15 is 0 Å². The van der Waals surface area contributed by atoms with Gasteiger partial charge in [-0.1, -0.05) is 17.7 Å². The molecule has 0 atom stereocenters. The molecule has 0 saturated heterocycles. The van der Waals surface area contributed by atoms with Crippen LogP contribution >= 0.6 is 11.6 Å². The largest absolute Gasteiger partial charge is 0.508 e. The highest BCUT2D eigenvalue weighted by Gasteiger charge is 2.29. The molecule has 0 amide bonds. The van der Waals surface area contributed by atoms with E-state index < -0.39 is 11.7 Å². The highest BCUT2D eigenvalue weighted by molar-refractivity contribution is 6.31. The molecule has 0 fully saturated rings. The van der Waals surface area contributed by atoms with Crippen molar-refractivity contribution in [3.63, 3.8) is 0 Å². The predicted molar refractivity (Wildman–Crippen MR) is 71.9 cm³/mol. The Morgan fingerprint density at radius 1 is 1.05 bits per heavy atom. The van der Waals surface area contributed by atoms with E-state index in [4.69, 9.17) is 11.6 Å². The van der Waals surface area contributed by atoms with Crippen molar-refractivity contribution in [3.8, 4) is 5.75 Å². The van der Waals surface area contributed by atoms with Crippen molar-refractivity contribution in [1.29, 1.82) is 0 Å². The molecule has 2 nitrogen and oxygen atoms in total. The van der Waals surface area contributed by atoms with Crippen LogP contribution in [-0.2, 0) is 12.7 Å². The van der Waals surface area contributed by atoms with Crippen molar-refractivity contribution in [2.75, 3.05) is 5.32 Å². The maximum atomic E-state index is 12.4. The average Bonchev–Trinajstić information content (AvgIpc) is 2.37. The van der Waals surface area contributed by atoms with Crippen LogP contribution in [0.1, 0.15) is 11.1 Å². The lowest BCUT2D eigenvalue weighted by Crippen LogP contribution is -2.05. The smallest absolute Gasteiger partial charge is 0.416 e. The molecule has 0 aliphatic rings. The van der Waals surface area contributed by atoms with Gasteiger partial charge in [0.15, 0.2) is 0 Å². The Morgan fingerprint density at radius 2 is 1.70 bits per heavy atom. The minimum absolute atomic E-state index is 0.0388. The van der Waals surface area contributed by atoms with Gasteiger partial charge in [-0.3, -0.25) is 0 Å². The fourth-order valence-electron chi connectivity index (χ4n) is 1.69. The van der Waals surface area contributed by atoms with Crippen molar-refractivity contribution < 1.29 is 18.3 Å². The first-order chi connectivity index (χ1) is 9.38. The highest BCUT2D eigenvalue weighted by atomic mass is 35.5. The molecule has 0 radical (unpaired) electrons. The molecule has 0 spiro atoms. The Morgan fingerprint density at radius 3 is 2.25 bits per heavy atom. The molecule has 2 aromatic carbocycles. The van der Waals surface area contributed by atoms with Crippen LogP contribution in [0.15, 0.2) is 42.5 Å². The van der Waals surface area contributed by atoms with Crippen LogP contribution in [0.2, 0.25) is 5.02 Å². The van der Waals surface area contributed by atoms with Crippen LogP contribution in [0, 0.1) is 0 Å². The van der Waals surface area contributed by atoms with Crippen LogP contribution in [-0.4, -0.2) is 5.11 Å². The Balaban J connectivity index is 2.08. The molecule has 0 aliphatic carbocycles. The first kappa shape index (κ1) is 14.5. The second-order valence-corrected chi connectivity index (χ2v) is 4.57. The van der Waals surface area contributed by atoms with Crippen molar-refractivity contribution in [2.24, 2.45) is 0 Å². The summed E-state index contributed by atoms with van der Waals surface area (Å²) in [5.41, 5.74) is 0.301. The maximum Gasteiger partial charge on any atom is 0.416 e. The third kappa shape index (κ3) is 3.36. The summed E-state index contributed by atoms with van der Waals surface area (Å²) < 4.78 is 37.2. The number of aromatic hydroxyl groups is 1. The Bertz CT molecular complexity index is 576. The predicted octanol–water partition coefficient (Wildman–Crippen LogP) is 4.68. The molecule has 0 heterocycles. The second-order valence-electron chi connectivity index (χ2n) is 4.17. The van der Waals surface area contributed by atoms with Crippen LogP contribution in [0.3, 0.4) is 0 Å². The van der Waals surface area contributed by atoms with Gasteiger partial charge in [-0.2, -0.15) is 13.2 Å². The lowest BCUT2D eigenvalue weighted by molar-refractivity contribution is -0.137. The minimum atomic E-state index is -4.35.